The first kappa shape index (κ1) is 20.4. The maximum absolute atomic E-state index is 12.7. The van der Waals surface area contributed by atoms with Crippen molar-refractivity contribution in [3.05, 3.63) is 39.8 Å². The fourth-order valence-electron chi connectivity index (χ4n) is 3.23. The van der Waals surface area contributed by atoms with E-state index in [0.29, 0.717) is 39.6 Å². The number of piperidine rings is 1. The van der Waals surface area contributed by atoms with E-state index in [4.69, 9.17) is 23.8 Å². The second kappa shape index (κ2) is 9.22. The van der Waals surface area contributed by atoms with Crippen LogP contribution in [0.2, 0.25) is 5.02 Å². The van der Waals surface area contributed by atoms with Crippen LogP contribution in [0.5, 0.6) is 0 Å². The Balaban J connectivity index is 1.53. The molecule has 0 bridgehead atoms. The number of hydrogen-bond donors (Lipinski definition) is 0. The largest absolute Gasteiger partial charge is 0.343 e. The maximum Gasteiger partial charge on any atom is 0.266 e. The van der Waals surface area contributed by atoms with Gasteiger partial charge in [0.1, 0.15) is 4.32 Å². The van der Waals surface area contributed by atoms with E-state index in [0.717, 1.165) is 31.5 Å². The Morgan fingerprint density at radius 1 is 1.33 bits per heavy atom. The molecule has 1 aromatic rings. The van der Waals surface area contributed by atoms with Crippen molar-refractivity contribution in [2.75, 3.05) is 19.6 Å². The molecule has 2 aliphatic rings. The highest BCUT2D eigenvalue weighted by Gasteiger charge is 2.32. The molecule has 0 atom stereocenters. The summed E-state index contributed by atoms with van der Waals surface area (Å²) in [7, 11) is 0. The van der Waals surface area contributed by atoms with Crippen LogP contribution >= 0.6 is 35.6 Å². The van der Waals surface area contributed by atoms with Crippen molar-refractivity contribution in [3.63, 3.8) is 0 Å². The fourth-order valence-corrected chi connectivity index (χ4v) is 4.72. The Kier molecular flexibility index (Phi) is 6.95. The van der Waals surface area contributed by atoms with Gasteiger partial charge in [-0.25, -0.2) is 0 Å². The van der Waals surface area contributed by atoms with Gasteiger partial charge in [0.05, 0.1) is 4.91 Å². The normalized spacial score (nSPS) is 20.0. The van der Waals surface area contributed by atoms with Crippen molar-refractivity contribution in [1.82, 2.24) is 9.80 Å². The van der Waals surface area contributed by atoms with Gasteiger partial charge >= 0.3 is 0 Å². The van der Waals surface area contributed by atoms with Gasteiger partial charge in [-0.3, -0.25) is 14.5 Å². The monoisotopic (exact) mass is 422 g/mol. The highest BCUT2D eigenvalue weighted by Crippen LogP contribution is 2.33. The summed E-state index contributed by atoms with van der Waals surface area (Å²) < 4.78 is 0.539. The summed E-state index contributed by atoms with van der Waals surface area (Å²) in [5.74, 6) is 0.775. The summed E-state index contributed by atoms with van der Waals surface area (Å²) in [4.78, 5) is 29.1. The molecule has 1 aromatic carbocycles. The van der Waals surface area contributed by atoms with Crippen LogP contribution in [0.25, 0.3) is 6.08 Å². The van der Waals surface area contributed by atoms with E-state index in [9.17, 15) is 9.59 Å². The van der Waals surface area contributed by atoms with Crippen LogP contribution < -0.4 is 0 Å². The number of thiocarbonyl (C=S) groups is 1. The fraction of sp³-hybridized carbons (Fsp3) is 0.450. The molecule has 2 aliphatic heterocycles. The van der Waals surface area contributed by atoms with Crippen LogP contribution in [0.3, 0.4) is 0 Å². The van der Waals surface area contributed by atoms with Gasteiger partial charge < -0.3 is 4.90 Å². The molecular formula is C20H23ClN2O2S2. The van der Waals surface area contributed by atoms with Gasteiger partial charge in [0.2, 0.25) is 5.91 Å². The summed E-state index contributed by atoms with van der Waals surface area (Å²) in [6, 6.07) is 7.39. The van der Waals surface area contributed by atoms with E-state index in [-0.39, 0.29) is 11.8 Å². The quantitative estimate of drug-likeness (QED) is 0.514. The van der Waals surface area contributed by atoms with Crippen LogP contribution in [0.15, 0.2) is 29.2 Å². The molecule has 0 spiro atoms. The molecule has 27 heavy (non-hydrogen) atoms. The molecule has 4 nitrogen and oxygen atoms in total. The highest BCUT2D eigenvalue weighted by atomic mass is 35.5. The lowest BCUT2D eigenvalue weighted by Crippen LogP contribution is -2.38. The number of hydrogen-bond acceptors (Lipinski definition) is 4. The van der Waals surface area contributed by atoms with Gasteiger partial charge in [-0.1, -0.05) is 60.7 Å². The third-order valence-electron chi connectivity index (χ3n) is 4.97. The number of thioether (sulfide) groups is 1. The average molecular weight is 423 g/mol. The zero-order valence-corrected chi connectivity index (χ0v) is 17.7. The molecule has 2 heterocycles. The highest BCUT2D eigenvalue weighted by molar-refractivity contribution is 8.26. The molecule has 0 radical (unpaired) electrons. The number of halogens is 1. The molecule has 7 heteroatoms. The van der Waals surface area contributed by atoms with Gasteiger partial charge in [-0.15, -0.1) is 0 Å². The van der Waals surface area contributed by atoms with Gasteiger partial charge in [0.25, 0.3) is 5.91 Å². The maximum atomic E-state index is 12.7. The second-order valence-electron chi connectivity index (χ2n) is 7.02. The van der Waals surface area contributed by atoms with Crippen molar-refractivity contribution >= 4 is 57.8 Å². The lowest BCUT2D eigenvalue weighted by atomic mass is 9.99. The van der Waals surface area contributed by atoms with Gasteiger partial charge in [0.15, 0.2) is 0 Å². The molecule has 0 saturated carbocycles. The van der Waals surface area contributed by atoms with Gasteiger partial charge in [-0.2, -0.15) is 0 Å². The molecule has 0 N–H and O–H groups in total. The standard InChI is InChI=1S/C20H23ClN2O2S2/c1-14-8-11-22(12-9-14)18(24)7-4-10-23-19(25)17(27-20(23)26)13-15-5-2-3-6-16(15)21/h2-3,5-6,13-14H,4,7-12H2,1H3. The van der Waals surface area contributed by atoms with E-state index in [1.165, 1.54) is 11.8 Å². The first-order valence-electron chi connectivity index (χ1n) is 9.23. The van der Waals surface area contributed by atoms with Gasteiger partial charge in [0, 0.05) is 31.1 Å². The van der Waals surface area contributed by atoms with Crippen molar-refractivity contribution in [2.24, 2.45) is 5.92 Å². The zero-order chi connectivity index (χ0) is 19.4. The lowest BCUT2D eigenvalue weighted by molar-refractivity contribution is -0.133. The van der Waals surface area contributed by atoms with E-state index in [2.05, 4.69) is 6.92 Å². The van der Waals surface area contributed by atoms with Crippen molar-refractivity contribution in [3.8, 4) is 0 Å². The predicted octanol–water partition coefficient (Wildman–Crippen LogP) is 4.58. The Hall–Kier alpha value is -1.37. The van der Waals surface area contributed by atoms with Crippen molar-refractivity contribution in [2.45, 2.75) is 32.6 Å². The third-order valence-corrected chi connectivity index (χ3v) is 6.70. The number of nitrogens with zero attached hydrogens (tertiary/aromatic N) is 2. The predicted molar refractivity (Wildman–Crippen MR) is 116 cm³/mol. The van der Waals surface area contributed by atoms with E-state index >= 15 is 0 Å². The number of benzene rings is 1. The number of carbonyl (C=O) groups excluding carboxylic acids is 2. The first-order valence-corrected chi connectivity index (χ1v) is 10.8. The van der Waals surface area contributed by atoms with Gasteiger partial charge in [-0.05, 0) is 42.9 Å². The van der Waals surface area contributed by atoms with E-state index < -0.39 is 0 Å². The average Bonchev–Trinajstić information content (AvgIpc) is 2.91. The molecule has 2 saturated heterocycles. The minimum absolute atomic E-state index is 0.107. The van der Waals surface area contributed by atoms with Crippen LogP contribution in [0, 0.1) is 5.92 Å². The van der Waals surface area contributed by atoms with Crippen molar-refractivity contribution < 1.29 is 9.59 Å². The van der Waals surface area contributed by atoms with Crippen LogP contribution in [-0.4, -0.2) is 45.6 Å². The number of amides is 2. The smallest absolute Gasteiger partial charge is 0.266 e. The number of carbonyl (C=O) groups is 2. The third kappa shape index (κ3) is 5.12. The van der Waals surface area contributed by atoms with Crippen molar-refractivity contribution in [1.29, 1.82) is 0 Å². The summed E-state index contributed by atoms with van der Waals surface area (Å²) in [5.41, 5.74) is 0.800. The SMILES string of the molecule is CC1CCN(C(=O)CCCN2C(=O)C(=Cc3ccccc3Cl)SC2=S)CC1. The Bertz CT molecular complexity index is 773. The molecule has 2 amide bonds. The topological polar surface area (TPSA) is 40.6 Å². The Labute approximate surface area is 174 Å². The zero-order valence-electron chi connectivity index (χ0n) is 15.3. The minimum atomic E-state index is -0.107. The molecule has 2 fully saturated rings. The first-order chi connectivity index (χ1) is 13.0. The van der Waals surface area contributed by atoms with Crippen LogP contribution in [-0.2, 0) is 9.59 Å². The summed E-state index contributed by atoms with van der Waals surface area (Å²) in [6.45, 7) is 4.40. The molecule has 0 aromatic heterocycles. The minimum Gasteiger partial charge on any atom is -0.343 e. The summed E-state index contributed by atoms with van der Waals surface area (Å²) in [6.07, 6.45) is 5.01. The molecular weight excluding hydrogens is 400 g/mol. The van der Waals surface area contributed by atoms with E-state index in [1.54, 1.807) is 17.0 Å². The second-order valence-corrected chi connectivity index (χ2v) is 9.10. The Morgan fingerprint density at radius 2 is 2.04 bits per heavy atom. The van der Waals surface area contributed by atoms with Crippen LogP contribution in [0.4, 0.5) is 0 Å². The summed E-state index contributed by atoms with van der Waals surface area (Å²) >= 11 is 12.8. The van der Waals surface area contributed by atoms with E-state index in [1.807, 2.05) is 23.1 Å². The Morgan fingerprint density at radius 3 is 2.74 bits per heavy atom. The molecule has 0 unspecified atom stereocenters. The number of likely N-dealkylation sites (tertiary alicyclic amines) is 1. The summed E-state index contributed by atoms with van der Waals surface area (Å²) in [5, 5.41) is 0.601. The molecule has 3 rings (SSSR count). The lowest BCUT2D eigenvalue weighted by Gasteiger charge is -2.30. The molecule has 0 aliphatic carbocycles. The molecule has 144 valence electrons. The van der Waals surface area contributed by atoms with Crippen LogP contribution in [0.1, 0.15) is 38.2 Å². The number of rotatable bonds is 5.